The lowest BCUT2D eigenvalue weighted by Crippen LogP contribution is -2.49. The van der Waals surface area contributed by atoms with Crippen LogP contribution < -0.4 is 4.90 Å². The molecule has 8 nitrogen and oxygen atoms in total. The van der Waals surface area contributed by atoms with Crippen LogP contribution in [-0.4, -0.2) is 61.9 Å². The SMILES string of the molecule is Cc1ccn(-c2ccc(N3CCN(C(=O)c4ccc5ccccc5n4)CC3)nn2)n1. The number of pyridine rings is 1. The van der Waals surface area contributed by atoms with E-state index < -0.39 is 0 Å². The highest BCUT2D eigenvalue weighted by atomic mass is 16.2. The van der Waals surface area contributed by atoms with Crippen molar-refractivity contribution in [2.24, 2.45) is 0 Å². The molecule has 0 spiro atoms. The number of piperazine rings is 1. The van der Waals surface area contributed by atoms with Crippen LogP contribution in [-0.2, 0) is 0 Å². The third kappa shape index (κ3) is 3.47. The number of fused-ring (bicyclic) bond motifs is 1. The molecule has 150 valence electrons. The second-order valence-electron chi connectivity index (χ2n) is 7.32. The van der Waals surface area contributed by atoms with Crippen LogP contribution in [0.5, 0.6) is 0 Å². The third-order valence-electron chi connectivity index (χ3n) is 5.30. The lowest BCUT2D eigenvalue weighted by molar-refractivity contribution is 0.0741. The maximum atomic E-state index is 12.9. The summed E-state index contributed by atoms with van der Waals surface area (Å²) in [5.41, 5.74) is 2.26. The highest BCUT2D eigenvalue weighted by Gasteiger charge is 2.24. The molecule has 30 heavy (non-hydrogen) atoms. The Balaban J connectivity index is 1.25. The third-order valence-corrected chi connectivity index (χ3v) is 5.30. The number of amides is 1. The molecule has 1 fully saturated rings. The Morgan fingerprint density at radius 1 is 0.867 bits per heavy atom. The van der Waals surface area contributed by atoms with E-state index >= 15 is 0 Å². The second kappa shape index (κ2) is 7.55. The Morgan fingerprint density at radius 2 is 1.63 bits per heavy atom. The standard InChI is InChI=1S/C22H21N7O/c1-16-10-11-29(26-16)21-9-8-20(24-25-21)27-12-14-28(15-13-27)22(30)19-7-6-17-4-2-3-5-18(17)23-19/h2-11H,12-15H2,1H3. The molecule has 1 saturated heterocycles. The van der Waals surface area contributed by atoms with Gasteiger partial charge in [0.2, 0.25) is 0 Å². The van der Waals surface area contributed by atoms with Gasteiger partial charge in [-0.05, 0) is 37.3 Å². The summed E-state index contributed by atoms with van der Waals surface area (Å²) in [7, 11) is 0. The number of rotatable bonds is 3. The van der Waals surface area contributed by atoms with E-state index in [1.807, 2.05) is 66.6 Å². The van der Waals surface area contributed by atoms with Crippen molar-refractivity contribution in [1.29, 1.82) is 0 Å². The van der Waals surface area contributed by atoms with Gasteiger partial charge in [-0.1, -0.05) is 24.3 Å². The number of hydrogen-bond acceptors (Lipinski definition) is 6. The number of benzene rings is 1. The van der Waals surface area contributed by atoms with Gasteiger partial charge in [0, 0.05) is 37.8 Å². The normalized spacial score (nSPS) is 14.3. The Kier molecular flexibility index (Phi) is 4.59. The molecule has 1 amide bonds. The van der Waals surface area contributed by atoms with Gasteiger partial charge in [-0.3, -0.25) is 4.79 Å². The minimum absolute atomic E-state index is 0.0316. The highest BCUT2D eigenvalue weighted by Crippen LogP contribution is 2.17. The van der Waals surface area contributed by atoms with Crippen LogP contribution >= 0.6 is 0 Å². The van der Waals surface area contributed by atoms with Crippen molar-refractivity contribution in [2.45, 2.75) is 6.92 Å². The first kappa shape index (κ1) is 18.2. The number of nitrogens with zero attached hydrogens (tertiary/aromatic N) is 7. The van der Waals surface area contributed by atoms with E-state index in [-0.39, 0.29) is 5.91 Å². The summed E-state index contributed by atoms with van der Waals surface area (Å²) in [6.45, 7) is 4.58. The number of carbonyl (C=O) groups excluding carboxylic acids is 1. The average Bonchev–Trinajstić information content (AvgIpc) is 3.25. The van der Waals surface area contributed by atoms with E-state index in [0.29, 0.717) is 37.7 Å². The predicted molar refractivity (Wildman–Crippen MR) is 114 cm³/mol. The Morgan fingerprint density at radius 3 is 2.37 bits per heavy atom. The number of hydrogen-bond donors (Lipinski definition) is 0. The average molecular weight is 399 g/mol. The Hall–Kier alpha value is -3.81. The van der Waals surface area contributed by atoms with Crippen LogP contribution in [0.2, 0.25) is 0 Å². The van der Waals surface area contributed by atoms with Gasteiger partial charge in [0.05, 0.1) is 11.2 Å². The number of aromatic nitrogens is 5. The zero-order valence-electron chi connectivity index (χ0n) is 16.6. The van der Waals surface area contributed by atoms with Gasteiger partial charge in [-0.25, -0.2) is 9.67 Å². The van der Waals surface area contributed by atoms with Gasteiger partial charge in [0.25, 0.3) is 5.91 Å². The largest absolute Gasteiger partial charge is 0.352 e. The summed E-state index contributed by atoms with van der Waals surface area (Å²) in [6, 6.07) is 17.4. The summed E-state index contributed by atoms with van der Waals surface area (Å²) in [6.07, 6.45) is 1.87. The second-order valence-corrected chi connectivity index (χ2v) is 7.32. The lowest BCUT2D eigenvalue weighted by atomic mass is 10.2. The number of carbonyl (C=O) groups is 1. The molecule has 4 heterocycles. The molecule has 0 atom stereocenters. The number of anilines is 1. The molecule has 0 aliphatic carbocycles. The van der Waals surface area contributed by atoms with E-state index in [9.17, 15) is 4.79 Å². The van der Waals surface area contributed by atoms with E-state index in [4.69, 9.17) is 0 Å². The topological polar surface area (TPSA) is 80.0 Å². The van der Waals surface area contributed by atoms with E-state index in [2.05, 4.69) is 25.2 Å². The van der Waals surface area contributed by atoms with Crippen molar-refractivity contribution in [3.63, 3.8) is 0 Å². The fourth-order valence-corrected chi connectivity index (χ4v) is 3.64. The van der Waals surface area contributed by atoms with Crippen molar-refractivity contribution in [3.8, 4) is 5.82 Å². The quantitative estimate of drug-likeness (QED) is 0.527. The van der Waals surface area contributed by atoms with Crippen LogP contribution in [0.4, 0.5) is 5.82 Å². The van der Waals surface area contributed by atoms with Crippen LogP contribution in [0.15, 0.2) is 60.8 Å². The first-order chi connectivity index (χ1) is 14.7. The molecular weight excluding hydrogens is 378 g/mol. The molecule has 3 aromatic heterocycles. The minimum Gasteiger partial charge on any atom is -0.352 e. The Bertz CT molecular complexity index is 1190. The van der Waals surface area contributed by atoms with E-state index in [1.165, 1.54) is 0 Å². The summed E-state index contributed by atoms with van der Waals surface area (Å²) < 4.78 is 1.71. The molecule has 0 bridgehead atoms. The molecule has 0 radical (unpaired) electrons. The number of para-hydroxylation sites is 1. The van der Waals surface area contributed by atoms with Crippen LogP contribution in [0, 0.1) is 6.92 Å². The molecule has 1 aromatic carbocycles. The van der Waals surface area contributed by atoms with Crippen molar-refractivity contribution >= 4 is 22.6 Å². The molecule has 4 aromatic rings. The fourth-order valence-electron chi connectivity index (χ4n) is 3.64. The summed E-state index contributed by atoms with van der Waals surface area (Å²) in [4.78, 5) is 21.4. The zero-order valence-corrected chi connectivity index (χ0v) is 16.6. The smallest absolute Gasteiger partial charge is 0.272 e. The maximum Gasteiger partial charge on any atom is 0.272 e. The van der Waals surface area contributed by atoms with Gasteiger partial charge < -0.3 is 9.80 Å². The Labute approximate surface area is 173 Å². The zero-order chi connectivity index (χ0) is 20.5. The van der Waals surface area contributed by atoms with E-state index in [0.717, 1.165) is 22.4 Å². The maximum absolute atomic E-state index is 12.9. The highest BCUT2D eigenvalue weighted by molar-refractivity contribution is 5.95. The predicted octanol–water partition coefficient (Wildman–Crippen LogP) is 2.48. The lowest BCUT2D eigenvalue weighted by Gasteiger charge is -2.35. The van der Waals surface area contributed by atoms with Crippen molar-refractivity contribution in [3.05, 3.63) is 72.2 Å². The first-order valence-electron chi connectivity index (χ1n) is 9.94. The van der Waals surface area contributed by atoms with Crippen molar-refractivity contribution < 1.29 is 4.79 Å². The summed E-state index contributed by atoms with van der Waals surface area (Å²) >= 11 is 0. The minimum atomic E-state index is -0.0316. The van der Waals surface area contributed by atoms with Gasteiger partial charge in [0.1, 0.15) is 5.69 Å². The van der Waals surface area contributed by atoms with Crippen LogP contribution in [0.3, 0.4) is 0 Å². The molecule has 5 rings (SSSR count). The molecule has 8 heteroatoms. The first-order valence-corrected chi connectivity index (χ1v) is 9.94. The van der Waals surface area contributed by atoms with E-state index in [1.54, 1.807) is 10.7 Å². The molecular formula is C22H21N7O. The van der Waals surface area contributed by atoms with Crippen LogP contribution in [0.25, 0.3) is 16.7 Å². The van der Waals surface area contributed by atoms with Gasteiger partial charge >= 0.3 is 0 Å². The van der Waals surface area contributed by atoms with Crippen LogP contribution in [0.1, 0.15) is 16.2 Å². The monoisotopic (exact) mass is 399 g/mol. The summed E-state index contributed by atoms with van der Waals surface area (Å²) in [5.74, 6) is 1.46. The number of aryl methyl sites for hydroxylation is 1. The molecule has 0 saturated carbocycles. The summed E-state index contributed by atoms with van der Waals surface area (Å²) in [5, 5.41) is 14.0. The van der Waals surface area contributed by atoms with Crippen molar-refractivity contribution in [2.75, 3.05) is 31.1 Å². The van der Waals surface area contributed by atoms with Gasteiger partial charge in [-0.2, -0.15) is 5.10 Å². The fraction of sp³-hybridized carbons (Fsp3) is 0.227. The molecule has 0 unspecified atom stereocenters. The molecule has 0 N–H and O–H groups in total. The van der Waals surface area contributed by atoms with Gasteiger partial charge in [0.15, 0.2) is 11.6 Å². The van der Waals surface area contributed by atoms with Gasteiger partial charge in [-0.15, -0.1) is 10.2 Å². The van der Waals surface area contributed by atoms with Crippen molar-refractivity contribution in [1.82, 2.24) is 29.9 Å². The molecule has 1 aliphatic heterocycles. The molecule has 1 aliphatic rings.